The SMILES string of the molecule is O=C(NCCc1cnccn1)c1cc(-c2ccc(F)cc2)nc2ccccc12. The van der Waals surface area contributed by atoms with Crippen molar-refractivity contribution < 1.29 is 9.18 Å². The van der Waals surface area contributed by atoms with Crippen LogP contribution in [0.25, 0.3) is 22.2 Å². The molecule has 5 nitrogen and oxygen atoms in total. The van der Waals surface area contributed by atoms with Gasteiger partial charge in [0.2, 0.25) is 0 Å². The fourth-order valence-electron chi connectivity index (χ4n) is 2.99. The Morgan fingerprint density at radius 2 is 1.86 bits per heavy atom. The highest BCUT2D eigenvalue weighted by molar-refractivity contribution is 6.07. The lowest BCUT2D eigenvalue weighted by molar-refractivity contribution is 0.0955. The van der Waals surface area contributed by atoms with Crippen LogP contribution < -0.4 is 5.32 Å². The number of para-hydroxylation sites is 1. The molecule has 0 spiro atoms. The third-order valence-corrected chi connectivity index (χ3v) is 4.38. The Hall–Kier alpha value is -3.67. The van der Waals surface area contributed by atoms with Crippen molar-refractivity contribution in [3.8, 4) is 11.3 Å². The van der Waals surface area contributed by atoms with Gasteiger partial charge in [0.05, 0.1) is 22.5 Å². The molecule has 4 rings (SSSR count). The van der Waals surface area contributed by atoms with Crippen molar-refractivity contribution in [2.75, 3.05) is 6.54 Å². The number of fused-ring (bicyclic) bond motifs is 1. The summed E-state index contributed by atoms with van der Waals surface area (Å²) in [6.45, 7) is 0.445. The van der Waals surface area contributed by atoms with Gasteiger partial charge < -0.3 is 5.32 Å². The van der Waals surface area contributed by atoms with E-state index >= 15 is 0 Å². The molecule has 1 N–H and O–H groups in total. The van der Waals surface area contributed by atoms with Crippen LogP contribution in [0.4, 0.5) is 4.39 Å². The van der Waals surface area contributed by atoms with Crippen LogP contribution in [0.5, 0.6) is 0 Å². The van der Waals surface area contributed by atoms with Gasteiger partial charge in [0.15, 0.2) is 0 Å². The van der Waals surface area contributed by atoms with E-state index in [2.05, 4.69) is 20.3 Å². The average molecular weight is 372 g/mol. The van der Waals surface area contributed by atoms with Gasteiger partial charge in [-0.05, 0) is 36.4 Å². The highest BCUT2D eigenvalue weighted by atomic mass is 19.1. The maximum atomic E-state index is 13.2. The minimum Gasteiger partial charge on any atom is -0.352 e. The zero-order valence-corrected chi connectivity index (χ0v) is 15.0. The van der Waals surface area contributed by atoms with Crippen molar-refractivity contribution >= 4 is 16.8 Å². The Bertz CT molecular complexity index is 1110. The van der Waals surface area contributed by atoms with Gasteiger partial charge in [-0.1, -0.05) is 18.2 Å². The molecule has 0 aliphatic heterocycles. The molecule has 0 unspecified atom stereocenters. The molecule has 0 radical (unpaired) electrons. The Morgan fingerprint density at radius 3 is 2.64 bits per heavy atom. The van der Waals surface area contributed by atoms with E-state index in [0.717, 1.165) is 16.6 Å². The number of benzene rings is 2. The van der Waals surface area contributed by atoms with E-state index in [4.69, 9.17) is 0 Å². The first-order valence-electron chi connectivity index (χ1n) is 8.89. The molecule has 0 aliphatic carbocycles. The predicted octanol–water partition coefficient (Wildman–Crippen LogP) is 3.80. The summed E-state index contributed by atoms with van der Waals surface area (Å²) in [5, 5.41) is 3.70. The number of halogens is 1. The van der Waals surface area contributed by atoms with Crippen LogP contribution in [-0.4, -0.2) is 27.4 Å². The Kier molecular flexibility index (Phi) is 5.01. The molecule has 0 bridgehead atoms. The van der Waals surface area contributed by atoms with Crippen LogP contribution in [0.15, 0.2) is 73.2 Å². The van der Waals surface area contributed by atoms with Crippen LogP contribution in [-0.2, 0) is 6.42 Å². The molecule has 2 aromatic carbocycles. The first-order chi connectivity index (χ1) is 13.7. The fourth-order valence-corrected chi connectivity index (χ4v) is 2.99. The summed E-state index contributed by atoms with van der Waals surface area (Å²) < 4.78 is 13.2. The smallest absolute Gasteiger partial charge is 0.252 e. The maximum Gasteiger partial charge on any atom is 0.252 e. The maximum absolute atomic E-state index is 13.2. The predicted molar refractivity (Wildman–Crippen MR) is 105 cm³/mol. The molecule has 138 valence electrons. The first kappa shape index (κ1) is 17.7. The number of hydrogen-bond acceptors (Lipinski definition) is 4. The summed E-state index contributed by atoms with van der Waals surface area (Å²) in [4.78, 5) is 25.7. The topological polar surface area (TPSA) is 67.8 Å². The van der Waals surface area contributed by atoms with E-state index < -0.39 is 0 Å². The number of carbonyl (C=O) groups excluding carboxylic acids is 1. The van der Waals surface area contributed by atoms with E-state index in [1.807, 2.05) is 24.3 Å². The molecule has 0 saturated heterocycles. The van der Waals surface area contributed by atoms with Crippen molar-refractivity contribution in [2.45, 2.75) is 6.42 Å². The van der Waals surface area contributed by atoms with Gasteiger partial charge in [0.25, 0.3) is 5.91 Å². The molecule has 4 aromatic rings. The molecule has 0 saturated carbocycles. The highest BCUT2D eigenvalue weighted by Crippen LogP contribution is 2.25. The normalized spacial score (nSPS) is 10.8. The lowest BCUT2D eigenvalue weighted by atomic mass is 10.0. The molecular weight excluding hydrogens is 355 g/mol. The van der Waals surface area contributed by atoms with Gasteiger partial charge in [0, 0.05) is 42.5 Å². The molecule has 2 aromatic heterocycles. The van der Waals surface area contributed by atoms with E-state index in [1.165, 1.54) is 12.1 Å². The van der Waals surface area contributed by atoms with Crippen LogP contribution in [0.1, 0.15) is 16.1 Å². The second-order valence-corrected chi connectivity index (χ2v) is 6.28. The lowest BCUT2D eigenvalue weighted by Crippen LogP contribution is -2.26. The van der Waals surface area contributed by atoms with Crippen molar-refractivity contribution in [3.63, 3.8) is 0 Å². The second-order valence-electron chi connectivity index (χ2n) is 6.28. The highest BCUT2D eigenvalue weighted by Gasteiger charge is 2.14. The second kappa shape index (κ2) is 7.92. The standard InChI is InChI=1S/C22H17FN4O/c23-16-7-5-15(6-8-16)21-13-19(18-3-1-2-4-20(18)27-21)22(28)26-10-9-17-14-24-11-12-25-17/h1-8,11-14H,9-10H2,(H,26,28). The van der Waals surface area contributed by atoms with Crippen molar-refractivity contribution in [1.82, 2.24) is 20.3 Å². The van der Waals surface area contributed by atoms with E-state index in [9.17, 15) is 9.18 Å². The van der Waals surface area contributed by atoms with Crippen molar-refractivity contribution in [1.29, 1.82) is 0 Å². The van der Waals surface area contributed by atoms with Crippen LogP contribution in [0.3, 0.4) is 0 Å². The number of rotatable bonds is 5. The molecule has 0 fully saturated rings. The number of hydrogen-bond donors (Lipinski definition) is 1. The zero-order valence-electron chi connectivity index (χ0n) is 15.0. The number of carbonyl (C=O) groups is 1. The van der Waals surface area contributed by atoms with Gasteiger partial charge in [-0.25, -0.2) is 9.37 Å². The Balaban J connectivity index is 1.63. The Labute approximate surface area is 161 Å². The van der Waals surface area contributed by atoms with Gasteiger partial charge in [-0.15, -0.1) is 0 Å². The summed E-state index contributed by atoms with van der Waals surface area (Å²) in [6.07, 6.45) is 5.51. The molecule has 0 atom stereocenters. The molecule has 0 aliphatic rings. The number of amides is 1. The number of aromatic nitrogens is 3. The van der Waals surface area contributed by atoms with Crippen molar-refractivity contribution in [2.24, 2.45) is 0 Å². The Morgan fingerprint density at radius 1 is 1.04 bits per heavy atom. The van der Waals surface area contributed by atoms with Crippen molar-refractivity contribution in [3.05, 3.63) is 90.3 Å². The number of nitrogens with one attached hydrogen (secondary N) is 1. The van der Waals surface area contributed by atoms with Gasteiger partial charge in [-0.3, -0.25) is 14.8 Å². The number of pyridine rings is 1. The summed E-state index contributed by atoms with van der Waals surface area (Å²) in [5.41, 5.74) is 3.43. The van der Waals surface area contributed by atoms with E-state index in [0.29, 0.717) is 29.7 Å². The average Bonchev–Trinajstić information content (AvgIpc) is 2.74. The monoisotopic (exact) mass is 372 g/mol. The minimum atomic E-state index is -0.313. The van der Waals surface area contributed by atoms with E-state index in [-0.39, 0.29) is 11.7 Å². The summed E-state index contributed by atoms with van der Waals surface area (Å²) in [7, 11) is 0. The fraction of sp³-hybridized carbons (Fsp3) is 0.0909. The summed E-state index contributed by atoms with van der Waals surface area (Å²) >= 11 is 0. The third kappa shape index (κ3) is 3.86. The largest absolute Gasteiger partial charge is 0.352 e. The first-order valence-corrected chi connectivity index (χ1v) is 8.89. The van der Waals surface area contributed by atoms with Crippen LogP contribution in [0, 0.1) is 5.82 Å². The zero-order chi connectivity index (χ0) is 19.3. The molecular formula is C22H17FN4O. The quantitative estimate of drug-likeness (QED) is 0.579. The molecule has 6 heteroatoms. The van der Waals surface area contributed by atoms with Crippen LogP contribution in [0.2, 0.25) is 0 Å². The summed E-state index contributed by atoms with van der Waals surface area (Å²) in [5.74, 6) is -0.502. The third-order valence-electron chi connectivity index (χ3n) is 4.38. The molecule has 28 heavy (non-hydrogen) atoms. The van der Waals surface area contributed by atoms with E-state index in [1.54, 1.807) is 36.8 Å². The lowest BCUT2D eigenvalue weighted by Gasteiger charge is -2.10. The van der Waals surface area contributed by atoms with Gasteiger partial charge in [-0.2, -0.15) is 0 Å². The minimum absolute atomic E-state index is 0.189. The van der Waals surface area contributed by atoms with Crippen LogP contribution >= 0.6 is 0 Å². The molecule has 1 amide bonds. The summed E-state index contributed by atoms with van der Waals surface area (Å²) in [6, 6.07) is 15.3. The van der Waals surface area contributed by atoms with Gasteiger partial charge in [0.1, 0.15) is 5.82 Å². The molecule has 2 heterocycles. The van der Waals surface area contributed by atoms with Gasteiger partial charge >= 0.3 is 0 Å². The number of nitrogens with zero attached hydrogens (tertiary/aromatic N) is 3.